The molecule has 0 fully saturated rings. The van der Waals surface area contributed by atoms with Gasteiger partial charge in [-0.25, -0.2) is 4.98 Å². The fraction of sp³-hybridized carbons (Fsp3) is 0.455. The van der Waals surface area contributed by atoms with Gasteiger partial charge in [0.05, 0.1) is 11.3 Å². The van der Waals surface area contributed by atoms with Crippen molar-refractivity contribution in [3.8, 4) is 10.6 Å². The topological polar surface area (TPSA) is 56.7 Å². The van der Waals surface area contributed by atoms with Crippen LogP contribution in [0.15, 0.2) is 12.4 Å². The monoisotopic (exact) mass is 236 g/mol. The van der Waals surface area contributed by atoms with Crippen molar-refractivity contribution in [3.63, 3.8) is 0 Å². The first-order valence-corrected chi connectivity index (χ1v) is 6.17. The van der Waals surface area contributed by atoms with E-state index in [0.29, 0.717) is 0 Å². The molecular weight excluding hydrogens is 220 g/mol. The van der Waals surface area contributed by atoms with Crippen molar-refractivity contribution in [3.05, 3.63) is 23.0 Å². The van der Waals surface area contributed by atoms with Crippen molar-refractivity contribution in [2.45, 2.75) is 26.3 Å². The van der Waals surface area contributed by atoms with Gasteiger partial charge in [-0.1, -0.05) is 6.92 Å². The van der Waals surface area contributed by atoms with E-state index in [-0.39, 0.29) is 6.04 Å². The van der Waals surface area contributed by atoms with Crippen LogP contribution in [0.25, 0.3) is 10.6 Å². The lowest BCUT2D eigenvalue weighted by Gasteiger charge is -1.97. The number of rotatable bonds is 3. The summed E-state index contributed by atoms with van der Waals surface area (Å²) in [6.07, 6.45) is 4.79. The quantitative estimate of drug-likeness (QED) is 0.888. The van der Waals surface area contributed by atoms with Crippen molar-refractivity contribution in [1.82, 2.24) is 14.8 Å². The van der Waals surface area contributed by atoms with Crippen molar-refractivity contribution < 1.29 is 0 Å². The summed E-state index contributed by atoms with van der Waals surface area (Å²) in [5.41, 5.74) is 8.05. The second kappa shape index (κ2) is 4.35. The van der Waals surface area contributed by atoms with Crippen LogP contribution in [0.4, 0.5) is 0 Å². The highest BCUT2D eigenvalue weighted by atomic mass is 32.1. The van der Waals surface area contributed by atoms with Crippen molar-refractivity contribution in [2.24, 2.45) is 12.8 Å². The van der Waals surface area contributed by atoms with Gasteiger partial charge in [0, 0.05) is 30.4 Å². The van der Waals surface area contributed by atoms with Crippen LogP contribution in [-0.2, 0) is 13.5 Å². The minimum atomic E-state index is 0.0491. The van der Waals surface area contributed by atoms with Gasteiger partial charge in [-0.05, 0) is 13.3 Å². The number of nitrogens with two attached hydrogens (primary N) is 1. The Bertz CT molecular complexity index is 484. The van der Waals surface area contributed by atoms with E-state index in [9.17, 15) is 0 Å². The molecule has 5 heteroatoms. The van der Waals surface area contributed by atoms with Gasteiger partial charge in [0.15, 0.2) is 0 Å². The van der Waals surface area contributed by atoms with Gasteiger partial charge < -0.3 is 5.73 Å². The predicted octanol–water partition coefficient (Wildman–Crippen LogP) is 2.13. The molecule has 2 heterocycles. The van der Waals surface area contributed by atoms with E-state index in [4.69, 9.17) is 5.73 Å². The standard InChI is InChI=1S/C11H16N4S/c1-4-9-8(6-15(3)14-9)11-13-5-10(16-11)7(2)12/h5-7H,4,12H2,1-3H3. The highest BCUT2D eigenvalue weighted by Crippen LogP contribution is 2.29. The molecule has 0 saturated carbocycles. The summed E-state index contributed by atoms with van der Waals surface area (Å²) in [7, 11) is 1.93. The van der Waals surface area contributed by atoms with E-state index in [1.54, 1.807) is 11.3 Å². The Labute approximate surface area is 99.1 Å². The number of nitrogens with zero attached hydrogens (tertiary/aromatic N) is 3. The third kappa shape index (κ3) is 2.01. The largest absolute Gasteiger partial charge is 0.323 e. The number of aryl methyl sites for hydroxylation is 2. The van der Waals surface area contributed by atoms with Crippen LogP contribution in [-0.4, -0.2) is 14.8 Å². The summed E-state index contributed by atoms with van der Waals surface area (Å²) in [5, 5.41) is 5.42. The van der Waals surface area contributed by atoms with Crippen LogP contribution in [0.2, 0.25) is 0 Å². The van der Waals surface area contributed by atoms with E-state index in [0.717, 1.165) is 27.6 Å². The number of hydrogen-bond acceptors (Lipinski definition) is 4. The summed E-state index contributed by atoms with van der Waals surface area (Å²) in [5.74, 6) is 0. The lowest BCUT2D eigenvalue weighted by molar-refractivity contribution is 0.746. The molecule has 0 aliphatic carbocycles. The molecule has 2 N–H and O–H groups in total. The molecule has 1 atom stereocenters. The van der Waals surface area contributed by atoms with Crippen molar-refractivity contribution in [2.75, 3.05) is 0 Å². The van der Waals surface area contributed by atoms with Gasteiger partial charge in [-0.2, -0.15) is 5.10 Å². The molecule has 2 aromatic rings. The Morgan fingerprint density at radius 1 is 1.56 bits per heavy atom. The predicted molar refractivity (Wildman–Crippen MR) is 66.3 cm³/mol. The van der Waals surface area contributed by atoms with Gasteiger partial charge in [-0.15, -0.1) is 11.3 Å². The Morgan fingerprint density at radius 2 is 2.31 bits per heavy atom. The maximum absolute atomic E-state index is 5.83. The fourth-order valence-corrected chi connectivity index (χ4v) is 2.50. The normalized spacial score (nSPS) is 13.0. The van der Waals surface area contributed by atoms with Gasteiger partial charge in [0.2, 0.25) is 0 Å². The maximum atomic E-state index is 5.83. The van der Waals surface area contributed by atoms with Crippen LogP contribution < -0.4 is 5.73 Å². The molecule has 0 aliphatic rings. The van der Waals surface area contributed by atoms with E-state index in [1.165, 1.54) is 0 Å². The lowest BCUT2D eigenvalue weighted by Crippen LogP contribution is -2.01. The third-order valence-corrected chi connectivity index (χ3v) is 3.67. The van der Waals surface area contributed by atoms with E-state index in [1.807, 2.05) is 31.0 Å². The van der Waals surface area contributed by atoms with E-state index >= 15 is 0 Å². The first-order chi connectivity index (χ1) is 7.61. The minimum absolute atomic E-state index is 0.0491. The molecule has 2 aromatic heterocycles. The fourth-order valence-electron chi connectivity index (χ4n) is 1.60. The number of aromatic nitrogens is 3. The summed E-state index contributed by atoms with van der Waals surface area (Å²) in [4.78, 5) is 5.53. The molecule has 0 saturated heterocycles. The minimum Gasteiger partial charge on any atom is -0.323 e. The summed E-state index contributed by atoms with van der Waals surface area (Å²) >= 11 is 1.65. The molecular formula is C11H16N4S. The molecule has 0 aromatic carbocycles. The zero-order chi connectivity index (χ0) is 11.7. The Hall–Kier alpha value is -1.20. The molecule has 0 aliphatic heterocycles. The number of thiazole rings is 1. The molecule has 0 radical (unpaired) electrons. The SMILES string of the molecule is CCc1nn(C)cc1-c1ncc(C(C)N)s1. The molecule has 4 nitrogen and oxygen atoms in total. The first kappa shape index (κ1) is 11.3. The second-order valence-electron chi connectivity index (χ2n) is 3.87. The van der Waals surface area contributed by atoms with Crippen molar-refractivity contribution >= 4 is 11.3 Å². The molecule has 0 bridgehead atoms. The van der Waals surface area contributed by atoms with E-state index < -0.39 is 0 Å². The summed E-state index contributed by atoms with van der Waals surface area (Å²) in [6, 6.07) is 0.0491. The Morgan fingerprint density at radius 3 is 2.88 bits per heavy atom. The molecule has 16 heavy (non-hydrogen) atoms. The van der Waals surface area contributed by atoms with Gasteiger partial charge in [0.1, 0.15) is 5.01 Å². The van der Waals surface area contributed by atoms with Crippen LogP contribution in [0.3, 0.4) is 0 Å². The zero-order valence-corrected chi connectivity index (χ0v) is 10.6. The number of hydrogen-bond donors (Lipinski definition) is 1. The third-order valence-electron chi connectivity index (χ3n) is 2.44. The molecule has 0 spiro atoms. The Kier molecular flexibility index (Phi) is 3.07. The van der Waals surface area contributed by atoms with Crippen LogP contribution in [0.1, 0.15) is 30.5 Å². The Balaban J connectivity index is 2.41. The molecule has 86 valence electrons. The van der Waals surface area contributed by atoms with Gasteiger partial charge >= 0.3 is 0 Å². The zero-order valence-electron chi connectivity index (χ0n) is 9.77. The van der Waals surface area contributed by atoms with Gasteiger partial charge in [-0.3, -0.25) is 4.68 Å². The van der Waals surface area contributed by atoms with Crippen LogP contribution in [0.5, 0.6) is 0 Å². The lowest BCUT2D eigenvalue weighted by atomic mass is 10.2. The highest BCUT2D eigenvalue weighted by molar-refractivity contribution is 7.15. The smallest absolute Gasteiger partial charge is 0.127 e. The second-order valence-corrected chi connectivity index (χ2v) is 4.94. The first-order valence-electron chi connectivity index (χ1n) is 5.36. The molecule has 2 rings (SSSR count). The van der Waals surface area contributed by atoms with E-state index in [2.05, 4.69) is 17.0 Å². The van der Waals surface area contributed by atoms with Crippen molar-refractivity contribution in [1.29, 1.82) is 0 Å². The van der Waals surface area contributed by atoms with Crippen LogP contribution >= 0.6 is 11.3 Å². The van der Waals surface area contributed by atoms with Gasteiger partial charge in [0.25, 0.3) is 0 Å². The highest BCUT2D eigenvalue weighted by Gasteiger charge is 2.13. The maximum Gasteiger partial charge on any atom is 0.127 e. The summed E-state index contributed by atoms with van der Waals surface area (Å²) < 4.78 is 1.83. The average Bonchev–Trinajstić information content (AvgIpc) is 2.82. The molecule has 0 amide bonds. The van der Waals surface area contributed by atoms with Crippen LogP contribution in [0, 0.1) is 0 Å². The summed E-state index contributed by atoms with van der Waals surface area (Å²) in [6.45, 7) is 4.08. The average molecular weight is 236 g/mol. The molecule has 1 unspecified atom stereocenters.